The van der Waals surface area contributed by atoms with Gasteiger partial charge in [0, 0.05) is 6.08 Å². The van der Waals surface area contributed by atoms with Gasteiger partial charge in [0.1, 0.15) is 12.4 Å². The van der Waals surface area contributed by atoms with Crippen molar-refractivity contribution < 1.29 is 19.1 Å². The molecule has 0 aliphatic heterocycles. The van der Waals surface area contributed by atoms with Crippen molar-refractivity contribution >= 4 is 22.7 Å². The Kier molecular flexibility index (Phi) is 4.51. The van der Waals surface area contributed by atoms with Gasteiger partial charge in [0.2, 0.25) is 0 Å². The van der Waals surface area contributed by atoms with E-state index in [1.807, 2.05) is 0 Å². The Morgan fingerprint density at radius 3 is 2.48 bits per heavy atom. The highest BCUT2D eigenvalue weighted by atomic mass is 16.5. The van der Waals surface area contributed by atoms with E-state index >= 15 is 0 Å². The van der Waals surface area contributed by atoms with Crippen molar-refractivity contribution in [1.82, 2.24) is 0 Å². The van der Waals surface area contributed by atoms with Gasteiger partial charge in [0.05, 0.1) is 5.56 Å². The Bertz CT molecular complexity index is 716. The molecule has 0 atom stereocenters. The molecular formula is C17H14O4. The van der Waals surface area contributed by atoms with Crippen molar-refractivity contribution in [2.45, 2.75) is 0 Å². The van der Waals surface area contributed by atoms with Crippen LogP contribution in [0.15, 0.2) is 61.7 Å². The van der Waals surface area contributed by atoms with Gasteiger partial charge in [-0.15, -0.1) is 0 Å². The fourth-order valence-electron chi connectivity index (χ4n) is 1.79. The monoisotopic (exact) mass is 282 g/mol. The van der Waals surface area contributed by atoms with E-state index in [9.17, 15) is 9.59 Å². The number of fused-ring (bicyclic) bond motifs is 1. The van der Waals surface area contributed by atoms with E-state index in [-0.39, 0.29) is 6.61 Å². The molecule has 0 N–H and O–H groups in total. The van der Waals surface area contributed by atoms with Gasteiger partial charge in [-0.05, 0) is 35.0 Å². The number of rotatable bonds is 5. The van der Waals surface area contributed by atoms with Crippen LogP contribution in [0.25, 0.3) is 10.8 Å². The Balaban J connectivity index is 2.26. The number of carbonyl (C=O) groups is 2. The van der Waals surface area contributed by atoms with Gasteiger partial charge >= 0.3 is 11.9 Å². The zero-order chi connectivity index (χ0) is 15.2. The summed E-state index contributed by atoms with van der Waals surface area (Å²) in [7, 11) is 0. The summed E-state index contributed by atoms with van der Waals surface area (Å²) in [6, 6.07) is 10.3. The average molecular weight is 282 g/mol. The lowest BCUT2D eigenvalue weighted by Crippen LogP contribution is -2.05. The third kappa shape index (κ3) is 3.57. The smallest absolute Gasteiger partial charge is 0.338 e. The van der Waals surface area contributed by atoms with Crippen LogP contribution in [0.2, 0.25) is 0 Å². The summed E-state index contributed by atoms with van der Waals surface area (Å²) in [5.74, 6) is -0.493. The molecule has 2 aromatic rings. The van der Waals surface area contributed by atoms with E-state index in [4.69, 9.17) is 9.47 Å². The van der Waals surface area contributed by atoms with Crippen LogP contribution in [0.1, 0.15) is 10.4 Å². The van der Waals surface area contributed by atoms with Crippen LogP contribution in [0, 0.1) is 0 Å². The summed E-state index contributed by atoms with van der Waals surface area (Å²) >= 11 is 0. The van der Waals surface area contributed by atoms with Gasteiger partial charge in [-0.2, -0.15) is 0 Å². The lowest BCUT2D eigenvalue weighted by atomic mass is 10.1. The number of hydrogen-bond donors (Lipinski definition) is 0. The quantitative estimate of drug-likeness (QED) is 0.365. The standard InChI is InChI=1S/C17H14O4/c1-3-9-20-17(19)14-6-5-13-11-15(21-16(18)4-2)8-7-12(13)10-14/h3-8,10-11H,1-2,9H2. The summed E-state index contributed by atoms with van der Waals surface area (Å²) in [5, 5.41) is 1.70. The van der Waals surface area contributed by atoms with Gasteiger partial charge in [0.25, 0.3) is 0 Å². The molecule has 0 bridgehead atoms. The largest absolute Gasteiger partial charge is 0.458 e. The van der Waals surface area contributed by atoms with Crippen molar-refractivity contribution in [3.8, 4) is 5.75 Å². The molecule has 0 saturated heterocycles. The van der Waals surface area contributed by atoms with Gasteiger partial charge in [-0.25, -0.2) is 9.59 Å². The molecule has 2 rings (SSSR count). The highest BCUT2D eigenvalue weighted by Gasteiger charge is 2.08. The third-order valence-corrected chi connectivity index (χ3v) is 2.76. The molecule has 2 aromatic carbocycles. The van der Waals surface area contributed by atoms with Crippen LogP contribution in [0.5, 0.6) is 5.75 Å². The zero-order valence-electron chi connectivity index (χ0n) is 11.4. The summed E-state index contributed by atoms with van der Waals surface area (Å²) in [6.45, 7) is 7.01. The molecule has 0 spiro atoms. The molecule has 0 aromatic heterocycles. The van der Waals surface area contributed by atoms with Crippen molar-refractivity contribution in [3.63, 3.8) is 0 Å². The number of ether oxygens (including phenoxy) is 2. The molecule has 0 heterocycles. The maximum Gasteiger partial charge on any atom is 0.338 e. The second kappa shape index (κ2) is 6.52. The minimum Gasteiger partial charge on any atom is -0.458 e. The highest BCUT2D eigenvalue weighted by Crippen LogP contribution is 2.22. The topological polar surface area (TPSA) is 52.6 Å². The summed E-state index contributed by atoms with van der Waals surface area (Å²) in [4.78, 5) is 22.9. The molecule has 4 nitrogen and oxygen atoms in total. The van der Waals surface area contributed by atoms with E-state index in [0.29, 0.717) is 11.3 Å². The lowest BCUT2D eigenvalue weighted by Gasteiger charge is -2.06. The fraction of sp³-hybridized carbons (Fsp3) is 0.0588. The molecule has 0 unspecified atom stereocenters. The van der Waals surface area contributed by atoms with Gasteiger partial charge in [-0.1, -0.05) is 31.4 Å². The van der Waals surface area contributed by atoms with E-state index < -0.39 is 11.9 Å². The Morgan fingerprint density at radius 2 is 1.76 bits per heavy atom. The zero-order valence-corrected chi connectivity index (χ0v) is 11.4. The number of carbonyl (C=O) groups excluding carboxylic acids is 2. The first-order valence-corrected chi connectivity index (χ1v) is 6.30. The molecule has 4 heteroatoms. The minimum atomic E-state index is -0.515. The average Bonchev–Trinajstić information content (AvgIpc) is 2.51. The van der Waals surface area contributed by atoms with E-state index in [0.717, 1.165) is 16.8 Å². The molecule has 0 aliphatic carbocycles. The predicted molar refractivity (Wildman–Crippen MR) is 80.3 cm³/mol. The number of benzene rings is 2. The number of hydrogen-bond acceptors (Lipinski definition) is 4. The molecule has 0 aliphatic rings. The Labute approximate surface area is 122 Å². The van der Waals surface area contributed by atoms with E-state index in [1.165, 1.54) is 6.08 Å². The maximum atomic E-state index is 11.7. The fourth-order valence-corrected chi connectivity index (χ4v) is 1.79. The SMILES string of the molecule is C=CCOC(=O)c1ccc2cc(OC(=O)C=C)ccc2c1. The highest BCUT2D eigenvalue weighted by molar-refractivity contribution is 5.96. The first-order chi connectivity index (χ1) is 10.1. The Morgan fingerprint density at radius 1 is 1.05 bits per heavy atom. The van der Waals surface area contributed by atoms with E-state index in [2.05, 4.69) is 13.2 Å². The summed E-state index contributed by atoms with van der Waals surface area (Å²) in [5.41, 5.74) is 0.459. The summed E-state index contributed by atoms with van der Waals surface area (Å²) in [6.07, 6.45) is 2.61. The van der Waals surface area contributed by atoms with Gasteiger partial charge < -0.3 is 9.47 Å². The molecule has 0 radical (unpaired) electrons. The van der Waals surface area contributed by atoms with Gasteiger partial charge in [-0.3, -0.25) is 0 Å². The van der Waals surface area contributed by atoms with Crippen LogP contribution in [0.3, 0.4) is 0 Å². The van der Waals surface area contributed by atoms with Crippen LogP contribution < -0.4 is 4.74 Å². The second-order valence-electron chi connectivity index (χ2n) is 4.24. The van der Waals surface area contributed by atoms with Crippen LogP contribution in [-0.4, -0.2) is 18.5 Å². The van der Waals surface area contributed by atoms with Crippen LogP contribution >= 0.6 is 0 Å². The molecule has 0 saturated carbocycles. The first kappa shape index (κ1) is 14.5. The Hall–Kier alpha value is -2.88. The molecule has 0 amide bonds. The minimum absolute atomic E-state index is 0.174. The van der Waals surface area contributed by atoms with Crippen molar-refractivity contribution in [3.05, 3.63) is 67.3 Å². The lowest BCUT2D eigenvalue weighted by molar-refractivity contribution is -0.128. The second-order valence-corrected chi connectivity index (χ2v) is 4.24. The normalized spacial score (nSPS) is 9.90. The summed E-state index contributed by atoms with van der Waals surface area (Å²) < 4.78 is 10.0. The first-order valence-electron chi connectivity index (χ1n) is 6.30. The molecule has 0 fully saturated rings. The van der Waals surface area contributed by atoms with Crippen LogP contribution in [0.4, 0.5) is 0 Å². The molecular weight excluding hydrogens is 268 g/mol. The van der Waals surface area contributed by atoms with Crippen molar-refractivity contribution in [1.29, 1.82) is 0 Å². The third-order valence-electron chi connectivity index (χ3n) is 2.76. The molecule has 106 valence electrons. The van der Waals surface area contributed by atoms with Crippen molar-refractivity contribution in [2.75, 3.05) is 6.61 Å². The van der Waals surface area contributed by atoms with Gasteiger partial charge in [0.15, 0.2) is 0 Å². The number of esters is 2. The van der Waals surface area contributed by atoms with Crippen LogP contribution in [-0.2, 0) is 9.53 Å². The predicted octanol–water partition coefficient (Wildman–Crippen LogP) is 3.27. The maximum absolute atomic E-state index is 11.7. The van der Waals surface area contributed by atoms with E-state index in [1.54, 1.807) is 36.4 Å². The molecule has 21 heavy (non-hydrogen) atoms. The van der Waals surface area contributed by atoms with Crippen molar-refractivity contribution in [2.24, 2.45) is 0 Å².